The molecule has 0 unspecified atom stereocenters. The number of carbonyl (C=O) groups excluding carboxylic acids is 1. The number of fused-ring (bicyclic) bond motifs is 1. The van der Waals surface area contributed by atoms with E-state index in [1.54, 1.807) is 37.0 Å². The number of nitrogens with zero attached hydrogens (tertiary/aromatic N) is 1. The van der Waals surface area contributed by atoms with Crippen LogP contribution < -0.4 is 10.9 Å². The number of nitrogens with one attached hydrogen (secondary N) is 2. The molecule has 0 saturated heterocycles. The summed E-state index contributed by atoms with van der Waals surface area (Å²) in [6.45, 7) is 0. The van der Waals surface area contributed by atoms with E-state index in [-0.39, 0.29) is 11.5 Å². The molecule has 2 N–H and O–H groups in total. The molecule has 5 nitrogen and oxygen atoms in total. The Morgan fingerprint density at radius 1 is 1.25 bits per heavy atom. The van der Waals surface area contributed by atoms with E-state index in [9.17, 15) is 9.59 Å². The van der Waals surface area contributed by atoms with Crippen molar-refractivity contribution in [1.29, 1.82) is 0 Å². The zero-order valence-corrected chi connectivity index (χ0v) is 14.8. The van der Waals surface area contributed by atoms with Gasteiger partial charge in [0, 0.05) is 23.2 Å². The second-order valence-corrected chi connectivity index (χ2v) is 6.51. The topological polar surface area (TPSA) is 66.9 Å². The van der Waals surface area contributed by atoms with Gasteiger partial charge in [-0.3, -0.25) is 14.2 Å². The number of hydrogen-bond donors (Lipinski definition) is 2. The van der Waals surface area contributed by atoms with E-state index in [1.165, 1.54) is 4.57 Å². The molecule has 0 saturated carbocycles. The van der Waals surface area contributed by atoms with E-state index >= 15 is 0 Å². The molecule has 2 aromatic carbocycles. The lowest BCUT2D eigenvalue weighted by atomic mass is 10.1. The minimum Gasteiger partial charge on any atom is -0.332 e. The normalized spacial score (nSPS) is 10.8. The molecule has 1 heterocycles. The van der Waals surface area contributed by atoms with Gasteiger partial charge in [-0.1, -0.05) is 6.07 Å². The molecular weight excluding hydrogens is 342 g/mol. The highest BCUT2D eigenvalue weighted by molar-refractivity contribution is 7.98. The lowest BCUT2D eigenvalue weighted by Crippen LogP contribution is -2.19. The van der Waals surface area contributed by atoms with Crippen LogP contribution in [0, 0.1) is 4.77 Å². The van der Waals surface area contributed by atoms with Gasteiger partial charge < -0.3 is 10.3 Å². The largest absolute Gasteiger partial charge is 0.332 e. The molecule has 0 bridgehead atoms. The molecule has 0 aliphatic heterocycles. The molecule has 1 aromatic heterocycles. The van der Waals surface area contributed by atoms with Crippen LogP contribution in [0.1, 0.15) is 10.4 Å². The van der Waals surface area contributed by atoms with Crippen LogP contribution in [0.5, 0.6) is 0 Å². The lowest BCUT2D eigenvalue weighted by Gasteiger charge is -2.08. The second-order valence-electron chi connectivity index (χ2n) is 5.24. The van der Waals surface area contributed by atoms with Crippen LogP contribution in [0.3, 0.4) is 0 Å². The van der Waals surface area contributed by atoms with Crippen molar-refractivity contribution >= 4 is 46.5 Å². The lowest BCUT2D eigenvalue weighted by molar-refractivity contribution is 0.102. The van der Waals surface area contributed by atoms with Crippen LogP contribution in [0.2, 0.25) is 0 Å². The zero-order valence-electron chi connectivity index (χ0n) is 13.1. The van der Waals surface area contributed by atoms with Gasteiger partial charge in [0.15, 0.2) is 4.77 Å². The average molecular weight is 357 g/mol. The molecule has 24 heavy (non-hydrogen) atoms. The standard InChI is InChI=1S/C17H15N3O2S2/c1-20-16(22)13-7-6-10(8-14(13)19-17(20)23)15(21)18-11-4-3-5-12(9-11)24-2/h3-9H,1-2H3,(H,18,21)(H,19,23). The van der Waals surface area contributed by atoms with Gasteiger partial charge in [-0.25, -0.2) is 0 Å². The van der Waals surface area contributed by atoms with Crippen molar-refractivity contribution in [2.24, 2.45) is 7.05 Å². The van der Waals surface area contributed by atoms with Crippen molar-refractivity contribution in [2.45, 2.75) is 4.90 Å². The summed E-state index contributed by atoms with van der Waals surface area (Å²) in [7, 11) is 1.61. The summed E-state index contributed by atoms with van der Waals surface area (Å²) >= 11 is 6.72. The number of H-pyrrole nitrogens is 1. The number of anilines is 1. The second kappa shape index (κ2) is 6.62. The third-order valence-electron chi connectivity index (χ3n) is 3.69. The first kappa shape index (κ1) is 16.5. The van der Waals surface area contributed by atoms with Crippen molar-refractivity contribution in [2.75, 3.05) is 11.6 Å². The summed E-state index contributed by atoms with van der Waals surface area (Å²) < 4.78 is 1.68. The number of carbonyl (C=O) groups is 1. The Morgan fingerprint density at radius 3 is 2.79 bits per heavy atom. The summed E-state index contributed by atoms with van der Waals surface area (Å²) in [4.78, 5) is 28.7. The van der Waals surface area contributed by atoms with Crippen molar-refractivity contribution in [3.05, 3.63) is 63.2 Å². The highest BCUT2D eigenvalue weighted by Gasteiger charge is 2.10. The molecule has 122 valence electrons. The molecule has 0 radical (unpaired) electrons. The highest BCUT2D eigenvalue weighted by atomic mass is 32.2. The Morgan fingerprint density at radius 2 is 2.04 bits per heavy atom. The van der Waals surface area contributed by atoms with Gasteiger partial charge in [0.2, 0.25) is 0 Å². The third kappa shape index (κ3) is 3.13. The Hall–Kier alpha value is -2.38. The maximum absolute atomic E-state index is 12.5. The average Bonchev–Trinajstić information content (AvgIpc) is 2.59. The van der Waals surface area contributed by atoms with Gasteiger partial charge in [0.05, 0.1) is 10.9 Å². The van der Waals surface area contributed by atoms with Crippen LogP contribution in [0.25, 0.3) is 10.9 Å². The predicted octanol–water partition coefficient (Wildman–Crippen LogP) is 3.57. The first-order valence-electron chi connectivity index (χ1n) is 7.18. The summed E-state index contributed by atoms with van der Waals surface area (Å²) in [5.41, 5.74) is 1.54. The monoisotopic (exact) mass is 357 g/mol. The van der Waals surface area contributed by atoms with Crippen LogP contribution in [0.4, 0.5) is 5.69 Å². The van der Waals surface area contributed by atoms with Crippen LogP contribution in [-0.4, -0.2) is 21.7 Å². The van der Waals surface area contributed by atoms with Gasteiger partial charge in [0.1, 0.15) is 0 Å². The fourth-order valence-corrected chi connectivity index (χ4v) is 3.00. The summed E-state index contributed by atoms with van der Waals surface area (Å²) in [6.07, 6.45) is 1.98. The Balaban J connectivity index is 1.97. The molecule has 0 atom stereocenters. The highest BCUT2D eigenvalue weighted by Crippen LogP contribution is 2.20. The molecule has 0 fully saturated rings. The van der Waals surface area contributed by atoms with E-state index in [0.717, 1.165) is 10.6 Å². The predicted molar refractivity (Wildman–Crippen MR) is 101 cm³/mol. The molecule has 7 heteroatoms. The molecule has 0 spiro atoms. The van der Waals surface area contributed by atoms with Gasteiger partial charge in [-0.05, 0) is 54.9 Å². The number of hydrogen-bond acceptors (Lipinski definition) is 4. The van der Waals surface area contributed by atoms with E-state index < -0.39 is 0 Å². The molecule has 0 aliphatic rings. The minimum atomic E-state index is -0.241. The first-order chi connectivity index (χ1) is 11.5. The number of benzene rings is 2. The SMILES string of the molecule is CSc1cccc(NC(=O)c2ccc3c(=O)n(C)c(=S)[nH]c3c2)c1. The molecule has 3 aromatic rings. The van der Waals surface area contributed by atoms with E-state index in [2.05, 4.69) is 10.3 Å². The Kier molecular flexibility index (Phi) is 4.55. The molecule has 3 rings (SSSR count). The van der Waals surface area contributed by atoms with Crippen LogP contribution in [-0.2, 0) is 7.05 Å². The number of aromatic amines is 1. The summed E-state index contributed by atoms with van der Waals surface area (Å²) in [6, 6.07) is 12.5. The van der Waals surface area contributed by atoms with E-state index in [0.29, 0.717) is 21.2 Å². The Bertz CT molecular complexity index is 1050. The van der Waals surface area contributed by atoms with Gasteiger partial charge in [-0.2, -0.15) is 0 Å². The summed E-state index contributed by atoms with van der Waals surface area (Å²) in [5.74, 6) is -0.241. The van der Waals surface area contributed by atoms with Crippen molar-refractivity contribution in [3.63, 3.8) is 0 Å². The van der Waals surface area contributed by atoms with Crippen LogP contribution >= 0.6 is 24.0 Å². The molecule has 0 aliphatic carbocycles. The van der Waals surface area contributed by atoms with E-state index in [4.69, 9.17) is 12.2 Å². The zero-order chi connectivity index (χ0) is 17.3. The van der Waals surface area contributed by atoms with Gasteiger partial charge in [0.25, 0.3) is 11.5 Å². The number of rotatable bonds is 3. The maximum atomic E-state index is 12.5. The quantitative estimate of drug-likeness (QED) is 0.555. The smallest absolute Gasteiger partial charge is 0.261 e. The Labute approximate surface area is 147 Å². The summed E-state index contributed by atoms with van der Waals surface area (Å²) in [5, 5.41) is 3.36. The fraction of sp³-hybridized carbons (Fsp3) is 0.118. The van der Waals surface area contributed by atoms with Gasteiger partial charge >= 0.3 is 0 Å². The molecular formula is C17H15N3O2S2. The van der Waals surface area contributed by atoms with Crippen molar-refractivity contribution in [1.82, 2.24) is 9.55 Å². The van der Waals surface area contributed by atoms with Crippen LogP contribution in [0.15, 0.2) is 52.2 Å². The maximum Gasteiger partial charge on any atom is 0.261 e. The first-order valence-corrected chi connectivity index (χ1v) is 8.81. The third-order valence-corrected chi connectivity index (χ3v) is 4.79. The van der Waals surface area contributed by atoms with E-state index in [1.807, 2.05) is 30.5 Å². The van der Waals surface area contributed by atoms with Gasteiger partial charge in [-0.15, -0.1) is 11.8 Å². The number of amides is 1. The van der Waals surface area contributed by atoms with Crippen molar-refractivity contribution in [3.8, 4) is 0 Å². The van der Waals surface area contributed by atoms with Crippen molar-refractivity contribution < 1.29 is 4.79 Å². The molecule has 1 amide bonds. The number of thioether (sulfide) groups is 1. The number of aromatic nitrogens is 2. The fourth-order valence-electron chi connectivity index (χ4n) is 2.35. The minimum absolute atomic E-state index is 0.187.